The van der Waals surface area contributed by atoms with Crippen LogP contribution in [-0.2, 0) is 11.2 Å². The Morgan fingerprint density at radius 2 is 1.75 bits per heavy atom. The standard InChI is InChI=1S/C19H22BrClN2O/c1-23(2)12-11-18(15-5-9-17(21)10-6-15)22-19(24)13-14-3-7-16(20)8-4-14/h3-10,18H,11-13H2,1-2H3,(H,22,24). The molecule has 0 aliphatic carbocycles. The second-order valence-electron chi connectivity index (χ2n) is 6.07. The summed E-state index contributed by atoms with van der Waals surface area (Å²) in [5.74, 6) is 0.0241. The zero-order chi connectivity index (χ0) is 17.5. The first-order chi connectivity index (χ1) is 11.4. The van der Waals surface area contributed by atoms with Crippen LogP contribution in [0.5, 0.6) is 0 Å². The van der Waals surface area contributed by atoms with Gasteiger partial charge in [0, 0.05) is 9.50 Å². The van der Waals surface area contributed by atoms with Crippen molar-refractivity contribution in [3.8, 4) is 0 Å². The third-order valence-corrected chi connectivity index (χ3v) is 4.53. The van der Waals surface area contributed by atoms with Gasteiger partial charge in [0.25, 0.3) is 0 Å². The van der Waals surface area contributed by atoms with Crippen LogP contribution >= 0.6 is 27.5 Å². The van der Waals surface area contributed by atoms with Crippen molar-refractivity contribution in [1.29, 1.82) is 0 Å². The van der Waals surface area contributed by atoms with Crippen molar-refractivity contribution in [2.45, 2.75) is 18.9 Å². The fourth-order valence-corrected chi connectivity index (χ4v) is 2.83. The molecular weight excluding hydrogens is 388 g/mol. The number of carbonyl (C=O) groups excluding carboxylic acids is 1. The van der Waals surface area contributed by atoms with Gasteiger partial charge in [-0.3, -0.25) is 4.79 Å². The van der Waals surface area contributed by atoms with Crippen LogP contribution in [0.15, 0.2) is 53.0 Å². The summed E-state index contributed by atoms with van der Waals surface area (Å²) in [6.07, 6.45) is 1.22. The van der Waals surface area contributed by atoms with Crippen molar-refractivity contribution in [2.24, 2.45) is 0 Å². The summed E-state index contributed by atoms with van der Waals surface area (Å²) in [6.45, 7) is 0.895. The molecule has 0 saturated heterocycles. The van der Waals surface area contributed by atoms with Gasteiger partial charge in [-0.1, -0.05) is 51.8 Å². The van der Waals surface area contributed by atoms with Crippen molar-refractivity contribution < 1.29 is 4.79 Å². The molecule has 24 heavy (non-hydrogen) atoms. The highest BCUT2D eigenvalue weighted by molar-refractivity contribution is 9.10. The minimum atomic E-state index is -0.0207. The van der Waals surface area contributed by atoms with E-state index < -0.39 is 0 Å². The largest absolute Gasteiger partial charge is 0.349 e. The first-order valence-corrected chi connectivity index (χ1v) is 9.05. The van der Waals surface area contributed by atoms with Gasteiger partial charge in [-0.2, -0.15) is 0 Å². The van der Waals surface area contributed by atoms with Crippen LogP contribution in [0.1, 0.15) is 23.6 Å². The molecule has 1 amide bonds. The van der Waals surface area contributed by atoms with Crippen molar-refractivity contribution in [3.05, 3.63) is 69.2 Å². The number of rotatable bonds is 7. The summed E-state index contributed by atoms with van der Waals surface area (Å²) < 4.78 is 1.01. The second-order valence-corrected chi connectivity index (χ2v) is 7.42. The first kappa shape index (κ1) is 19.0. The summed E-state index contributed by atoms with van der Waals surface area (Å²) in [6, 6.07) is 15.5. The van der Waals surface area contributed by atoms with Crippen molar-refractivity contribution in [3.63, 3.8) is 0 Å². The number of halogens is 2. The molecule has 3 nitrogen and oxygen atoms in total. The SMILES string of the molecule is CN(C)CCC(NC(=O)Cc1ccc(Br)cc1)c1ccc(Cl)cc1. The van der Waals surface area contributed by atoms with Gasteiger partial charge in [0.05, 0.1) is 12.5 Å². The predicted octanol–water partition coefficient (Wildman–Crippen LogP) is 4.45. The number of nitrogens with one attached hydrogen (secondary N) is 1. The molecule has 0 fully saturated rings. The molecule has 0 aromatic heterocycles. The molecule has 0 heterocycles. The molecule has 1 unspecified atom stereocenters. The van der Waals surface area contributed by atoms with Gasteiger partial charge in [-0.05, 0) is 62.5 Å². The molecule has 2 rings (SSSR count). The smallest absolute Gasteiger partial charge is 0.224 e. The predicted molar refractivity (Wildman–Crippen MR) is 103 cm³/mol. The van der Waals surface area contributed by atoms with Crippen LogP contribution in [0.3, 0.4) is 0 Å². The minimum Gasteiger partial charge on any atom is -0.349 e. The molecule has 2 aromatic rings. The van der Waals surface area contributed by atoms with E-state index in [9.17, 15) is 4.79 Å². The van der Waals surface area contributed by atoms with Crippen LogP contribution in [0.4, 0.5) is 0 Å². The quantitative estimate of drug-likeness (QED) is 0.732. The van der Waals surface area contributed by atoms with E-state index in [-0.39, 0.29) is 11.9 Å². The maximum absolute atomic E-state index is 12.4. The maximum atomic E-state index is 12.4. The number of nitrogens with zero attached hydrogens (tertiary/aromatic N) is 1. The Hall–Kier alpha value is -1.36. The van der Waals surface area contributed by atoms with Crippen LogP contribution < -0.4 is 5.32 Å². The Labute approximate surface area is 157 Å². The summed E-state index contributed by atoms with van der Waals surface area (Å²) in [5, 5.41) is 3.85. The lowest BCUT2D eigenvalue weighted by molar-refractivity contribution is -0.121. The van der Waals surface area contributed by atoms with E-state index in [4.69, 9.17) is 11.6 Å². The minimum absolute atomic E-state index is 0.0207. The molecule has 0 spiro atoms. The van der Waals surface area contributed by atoms with Gasteiger partial charge >= 0.3 is 0 Å². The third kappa shape index (κ3) is 6.27. The Morgan fingerprint density at radius 1 is 1.12 bits per heavy atom. The number of benzene rings is 2. The fraction of sp³-hybridized carbons (Fsp3) is 0.316. The molecule has 128 valence electrons. The van der Waals surface area contributed by atoms with Crippen molar-refractivity contribution in [1.82, 2.24) is 10.2 Å². The summed E-state index contributed by atoms with van der Waals surface area (Å²) in [4.78, 5) is 14.5. The molecule has 2 aromatic carbocycles. The van der Waals surface area contributed by atoms with E-state index in [2.05, 4.69) is 26.1 Å². The summed E-state index contributed by atoms with van der Waals surface area (Å²) in [5.41, 5.74) is 2.07. The van der Waals surface area contributed by atoms with Crippen LogP contribution in [0, 0.1) is 0 Å². The summed E-state index contributed by atoms with van der Waals surface area (Å²) >= 11 is 9.38. The monoisotopic (exact) mass is 408 g/mol. The average Bonchev–Trinajstić information content (AvgIpc) is 2.54. The number of amides is 1. The van der Waals surface area contributed by atoms with Gasteiger partial charge in [0.15, 0.2) is 0 Å². The van der Waals surface area contributed by atoms with Gasteiger partial charge in [0.2, 0.25) is 5.91 Å². The van der Waals surface area contributed by atoms with Crippen molar-refractivity contribution >= 4 is 33.4 Å². The molecule has 0 bridgehead atoms. The van der Waals surface area contributed by atoms with E-state index in [1.807, 2.05) is 62.6 Å². The van der Waals surface area contributed by atoms with E-state index in [1.54, 1.807) is 0 Å². The van der Waals surface area contributed by atoms with Gasteiger partial charge < -0.3 is 10.2 Å². The lowest BCUT2D eigenvalue weighted by Gasteiger charge is -2.21. The average molecular weight is 410 g/mol. The van der Waals surface area contributed by atoms with Gasteiger partial charge in [-0.15, -0.1) is 0 Å². The van der Waals surface area contributed by atoms with E-state index >= 15 is 0 Å². The van der Waals surface area contributed by atoms with Crippen LogP contribution in [0.25, 0.3) is 0 Å². The molecule has 1 atom stereocenters. The number of hydrogen-bond donors (Lipinski definition) is 1. The van der Waals surface area contributed by atoms with Gasteiger partial charge in [-0.25, -0.2) is 0 Å². The van der Waals surface area contributed by atoms with Gasteiger partial charge in [0.1, 0.15) is 0 Å². The normalized spacial score (nSPS) is 12.2. The molecule has 0 saturated carbocycles. The highest BCUT2D eigenvalue weighted by Crippen LogP contribution is 2.20. The van der Waals surface area contributed by atoms with Crippen LogP contribution in [0.2, 0.25) is 5.02 Å². The Bertz CT molecular complexity index is 656. The molecule has 0 aliphatic rings. The first-order valence-electron chi connectivity index (χ1n) is 7.88. The molecule has 0 radical (unpaired) electrons. The van der Waals surface area contributed by atoms with E-state index in [0.717, 1.165) is 28.6 Å². The van der Waals surface area contributed by atoms with E-state index in [1.165, 1.54) is 0 Å². The maximum Gasteiger partial charge on any atom is 0.224 e. The summed E-state index contributed by atoms with van der Waals surface area (Å²) in [7, 11) is 4.06. The highest BCUT2D eigenvalue weighted by atomic mass is 79.9. The topological polar surface area (TPSA) is 32.3 Å². The molecule has 1 N–H and O–H groups in total. The molecule has 5 heteroatoms. The zero-order valence-electron chi connectivity index (χ0n) is 13.9. The fourth-order valence-electron chi connectivity index (χ4n) is 2.44. The zero-order valence-corrected chi connectivity index (χ0v) is 16.3. The Balaban J connectivity index is 2.04. The van der Waals surface area contributed by atoms with Crippen molar-refractivity contribution in [2.75, 3.05) is 20.6 Å². The Kier molecular flexibility index (Phi) is 7.28. The second kappa shape index (κ2) is 9.21. The third-order valence-electron chi connectivity index (χ3n) is 3.75. The molecular formula is C19H22BrClN2O. The lowest BCUT2D eigenvalue weighted by Crippen LogP contribution is -2.32. The highest BCUT2D eigenvalue weighted by Gasteiger charge is 2.15. The van der Waals surface area contributed by atoms with E-state index in [0.29, 0.717) is 11.4 Å². The Morgan fingerprint density at radius 3 is 2.33 bits per heavy atom. The van der Waals surface area contributed by atoms with Crippen LogP contribution in [-0.4, -0.2) is 31.4 Å². The number of carbonyl (C=O) groups is 1. The molecule has 0 aliphatic heterocycles. The number of hydrogen-bond acceptors (Lipinski definition) is 2. The lowest BCUT2D eigenvalue weighted by atomic mass is 10.0.